The van der Waals surface area contributed by atoms with Crippen LogP contribution in [-0.4, -0.2) is 40.4 Å². The number of aromatic amines is 1. The Hall–Kier alpha value is -0.870. The van der Waals surface area contributed by atoms with E-state index in [9.17, 15) is 0 Å². The second-order valence-corrected chi connectivity index (χ2v) is 6.98. The molecule has 4 heteroatoms. The summed E-state index contributed by atoms with van der Waals surface area (Å²) in [6.45, 7) is 10.0. The molecule has 1 N–H and O–H groups in total. The van der Waals surface area contributed by atoms with Gasteiger partial charge in [-0.15, -0.1) is 0 Å². The van der Waals surface area contributed by atoms with E-state index in [-0.39, 0.29) is 0 Å². The molecule has 106 valence electrons. The van der Waals surface area contributed by atoms with Crippen molar-refractivity contribution in [3.63, 3.8) is 0 Å². The van der Waals surface area contributed by atoms with Gasteiger partial charge < -0.3 is 4.74 Å². The van der Waals surface area contributed by atoms with Gasteiger partial charge in [-0.2, -0.15) is 5.10 Å². The van der Waals surface area contributed by atoms with Crippen molar-refractivity contribution in [2.45, 2.75) is 58.7 Å². The molecule has 0 bridgehead atoms. The Kier molecular flexibility index (Phi) is 3.39. The van der Waals surface area contributed by atoms with Crippen LogP contribution in [-0.2, 0) is 17.7 Å². The van der Waals surface area contributed by atoms with E-state index in [1.165, 1.54) is 11.3 Å². The smallest absolute Gasteiger partial charge is 0.0561 e. The molecule has 0 aromatic carbocycles. The van der Waals surface area contributed by atoms with Gasteiger partial charge in [-0.3, -0.25) is 10.00 Å². The van der Waals surface area contributed by atoms with Gasteiger partial charge in [0.25, 0.3) is 0 Å². The zero-order valence-corrected chi connectivity index (χ0v) is 12.3. The number of aromatic nitrogens is 2. The fourth-order valence-electron chi connectivity index (χ4n) is 3.55. The van der Waals surface area contributed by atoms with E-state index < -0.39 is 0 Å². The quantitative estimate of drug-likeness (QED) is 0.845. The Balaban J connectivity index is 1.81. The van der Waals surface area contributed by atoms with E-state index >= 15 is 0 Å². The Morgan fingerprint density at radius 1 is 1.47 bits per heavy atom. The van der Waals surface area contributed by atoms with Gasteiger partial charge in [-0.1, -0.05) is 13.8 Å². The summed E-state index contributed by atoms with van der Waals surface area (Å²) in [5.41, 5.74) is 3.01. The number of ether oxygens (including phenoxy) is 1. The van der Waals surface area contributed by atoms with Crippen LogP contribution in [0.25, 0.3) is 0 Å². The number of nitrogens with zero attached hydrogens (tertiary/aromatic N) is 2. The third-order valence-corrected chi connectivity index (χ3v) is 4.44. The molecule has 1 aromatic heterocycles. The van der Waals surface area contributed by atoms with E-state index in [2.05, 4.69) is 35.9 Å². The molecule has 0 aliphatic carbocycles. The summed E-state index contributed by atoms with van der Waals surface area (Å²) in [5, 5.41) is 7.41. The topological polar surface area (TPSA) is 41.2 Å². The van der Waals surface area contributed by atoms with Crippen LogP contribution in [0.3, 0.4) is 0 Å². The lowest BCUT2D eigenvalue weighted by Gasteiger charge is -2.39. The second-order valence-electron chi connectivity index (χ2n) is 6.98. The molecule has 2 aliphatic rings. The molecule has 1 fully saturated rings. The van der Waals surface area contributed by atoms with Crippen LogP contribution in [0, 0.1) is 5.41 Å². The highest BCUT2D eigenvalue weighted by molar-refractivity contribution is 5.19. The maximum atomic E-state index is 5.69. The summed E-state index contributed by atoms with van der Waals surface area (Å²) in [4.78, 5) is 2.65. The van der Waals surface area contributed by atoms with Crippen molar-refractivity contribution in [2.75, 3.05) is 13.2 Å². The molecule has 0 radical (unpaired) electrons. The van der Waals surface area contributed by atoms with Gasteiger partial charge in [0, 0.05) is 37.0 Å². The van der Waals surface area contributed by atoms with Crippen molar-refractivity contribution in [3.05, 3.63) is 17.5 Å². The summed E-state index contributed by atoms with van der Waals surface area (Å²) in [6.07, 6.45) is 5.81. The average Bonchev–Trinajstić information content (AvgIpc) is 2.69. The van der Waals surface area contributed by atoms with Gasteiger partial charge in [0.2, 0.25) is 0 Å². The maximum absolute atomic E-state index is 5.69. The van der Waals surface area contributed by atoms with Crippen LogP contribution in [0.15, 0.2) is 6.20 Å². The first-order valence-corrected chi connectivity index (χ1v) is 7.40. The Morgan fingerprint density at radius 2 is 2.32 bits per heavy atom. The van der Waals surface area contributed by atoms with Gasteiger partial charge in [-0.05, 0) is 31.6 Å². The fraction of sp³-hybridized carbons (Fsp3) is 0.800. The first-order valence-electron chi connectivity index (χ1n) is 7.40. The molecule has 1 saturated heterocycles. The highest BCUT2D eigenvalue weighted by Gasteiger charge is 2.33. The molecule has 0 amide bonds. The molecule has 19 heavy (non-hydrogen) atoms. The largest absolute Gasteiger partial charge is 0.378 e. The number of H-pyrrole nitrogens is 1. The highest BCUT2D eigenvalue weighted by atomic mass is 16.5. The fourth-order valence-corrected chi connectivity index (χ4v) is 3.55. The molecule has 0 saturated carbocycles. The zero-order valence-electron chi connectivity index (χ0n) is 12.3. The van der Waals surface area contributed by atoms with E-state index in [0.717, 1.165) is 39.0 Å². The minimum absolute atomic E-state index is 0.305. The molecule has 3 heterocycles. The molecular weight excluding hydrogens is 238 g/mol. The van der Waals surface area contributed by atoms with Crippen LogP contribution in [0.5, 0.6) is 0 Å². The van der Waals surface area contributed by atoms with E-state index in [1.807, 2.05) is 6.20 Å². The Labute approximate surface area is 115 Å². The van der Waals surface area contributed by atoms with Crippen LogP contribution < -0.4 is 0 Å². The molecule has 1 aromatic rings. The zero-order chi connectivity index (χ0) is 13.5. The summed E-state index contributed by atoms with van der Waals surface area (Å²) in [6, 6.07) is 0.656. The van der Waals surface area contributed by atoms with Crippen molar-refractivity contribution >= 4 is 0 Å². The predicted octanol–water partition coefficient (Wildman–Crippen LogP) is 2.36. The summed E-state index contributed by atoms with van der Waals surface area (Å²) >= 11 is 0. The van der Waals surface area contributed by atoms with Crippen molar-refractivity contribution in [1.29, 1.82) is 0 Å². The lowest BCUT2D eigenvalue weighted by molar-refractivity contribution is -0.0262. The monoisotopic (exact) mass is 263 g/mol. The number of nitrogens with one attached hydrogen (secondary N) is 1. The summed E-state index contributed by atoms with van der Waals surface area (Å²) in [5.74, 6) is 0. The molecule has 3 rings (SSSR count). The Bertz CT molecular complexity index is 440. The van der Waals surface area contributed by atoms with Crippen molar-refractivity contribution in [3.8, 4) is 0 Å². The first kappa shape index (κ1) is 13.1. The van der Waals surface area contributed by atoms with Crippen molar-refractivity contribution in [2.24, 2.45) is 5.41 Å². The SMILES string of the molecule is C[C@@H]1C[C@H](N2Cc3cn[nH]c3CC(C)(C)C2)CCO1. The van der Waals surface area contributed by atoms with Crippen LogP contribution >= 0.6 is 0 Å². The molecule has 2 atom stereocenters. The van der Waals surface area contributed by atoms with E-state index in [0.29, 0.717) is 17.6 Å². The van der Waals surface area contributed by atoms with E-state index in [4.69, 9.17) is 4.74 Å². The molecule has 4 nitrogen and oxygen atoms in total. The number of fused-ring (bicyclic) bond motifs is 1. The first-order chi connectivity index (χ1) is 9.03. The molecule has 2 aliphatic heterocycles. The van der Waals surface area contributed by atoms with Gasteiger partial charge in [0.15, 0.2) is 0 Å². The number of rotatable bonds is 1. The minimum Gasteiger partial charge on any atom is -0.378 e. The van der Waals surface area contributed by atoms with Crippen LogP contribution in [0.2, 0.25) is 0 Å². The second kappa shape index (κ2) is 4.91. The summed E-state index contributed by atoms with van der Waals surface area (Å²) in [7, 11) is 0. The van der Waals surface area contributed by atoms with Gasteiger partial charge in [-0.25, -0.2) is 0 Å². The third kappa shape index (κ3) is 2.84. The maximum Gasteiger partial charge on any atom is 0.0561 e. The Morgan fingerprint density at radius 3 is 3.11 bits per heavy atom. The normalized spacial score (nSPS) is 31.7. The van der Waals surface area contributed by atoms with Gasteiger partial charge >= 0.3 is 0 Å². The van der Waals surface area contributed by atoms with Gasteiger partial charge in [0.05, 0.1) is 12.3 Å². The predicted molar refractivity (Wildman–Crippen MR) is 74.9 cm³/mol. The summed E-state index contributed by atoms with van der Waals surface area (Å²) < 4.78 is 5.69. The van der Waals surface area contributed by atoms with Crippen LogP contribution in [0.4, 0.5) is 0 Å². The molecule has 0 unspecified atom stereocenters. The average molecular weight is 263 g/mol. The third-order valence-electron chi connectivity index (χ3n) is 4.44. The van der Waals surface area contributed by atoms with Crippen molar-refractivity contribution < 1.29 is 4.74 Å². The lowest BCUT2D eigenvalue weighted by atomic mass is 9.87. The van der Waals surface area contributed by atoms with Gasteiger partial charge in [0.1, 0.15) is 0 Å². The number of hydrogen-bond donors (Lipinski definition) is 1. The number of hydrogen-bond acceptors (Lipinski definition) is 3. The van der Waals surface area contributed by atoms with Crippen LogP contribution in [0.1, 0.15) is 44.9 Å². The van der Waals surface area contributed by atoms with E-state index in [1.54, 1.807) is 0 Å². The lowest BCUT2D eigenvalue weighted by Crippen LogP contribution is -2.44. The molecule has 0 spiro atoms. The standard InChI is InChI=1S/C15H25N3O/c1-11-6-13(4-5-19-11)18-9-12-8-16-17-14(12)7-15(2,3)10-18/h8,11,13H,4-7,9-10H2,1-3H3,(H,16,17)/t11-,13-/m1/s1. The highest BCUT2D eigenvalue weighted by Crippen LogP contribution is 2.32. The molecular formula is C15H25N3O. The van der Waals surface area contributed by atoms with Crippen molar-refractivity contribution in [1.82, 2.24) is 15.1 Å². The minimum atomic E-state index is 0.305.